The van der Waals surface area contributed by atoms with Crippen molar-refractivity contribution in [3.8, 4) is 0 Å². The Bertz CT molecular complexity index is 571. The molecule has 0 amide bonds. The fraction of sp³-hybridized carbons (Fsp3) is 0.571. The second-order valence-electron chi connectivity index (χ2n) is 4.92. The number of unbranched alkanes of at least 4 members (excludes halogenated alkanes) is 2. The van der Waals surface area contributed by atoms with Gasteiger partial charge in [0.05, 0.1) is 0 Å². The van der Waals surface area contributed by atoms with E-state index in [0.717, 1.165) is 31.7 Å². The van der Waals surface area contributed by atoms with Gasteiger partial charge in [-0.05, 0) is 40.9 Å². The number of halogens is 2. The number of benzene rings is 1. The first-order valence-corrected chi connectivity index (χ1v) is 9.32. The molecule has 0 heterocycles. The maximum absolute atomic E-state index is 14.0. The Labute approximate surface area is 134 Å². The smallest absolute Gasteiger partial charge is 0.246 e. The lowest BCUT2D eigenvalue weighted by Crippen LogP contribution is -2.33. The van der Waals surface area contributed by atoms with Crippen molar-refractivity contribution >= 4 is 31.6 Å². The van der Waals surface area contributed by atoms with Gasteiger partial charge in [-0.25, -0.2) is 12.8 Å². The van der Waals surface area contributed by atoms with E-state index in [1.807, 2.05) is 13.8 Å². The van der Waals surface area contributed by atoms with Gasteiger partial charge in [-0.15, -0.1) is 0 Å². The van der Waals surface area contributed by atoms with Crippen LogP contribution in [0.3, 0.4) is 0 Å². The molecule has 0 fully saturated rings. The summed E-state index contributed by atoms with van der Waals surface area (Å²) in [6.45, 7) is 4.77. The molecule has 4 nitrogen and oxygen atoms in total. The fourth-order valence-corrected chi connectivity index (χ4v) is 3.82. The van der Waals surface area contributed by atoms with Crippen LogP contribution in [0.25, 0.3) is 0 Å². The average molecular weight is 381 g/mol. The predicted molar refractivity (Wildman–Crippen MR) is 87.1 cm³/mol. The Morgan fingerprint density at radius 2 is 1.71 bits per heavy atom. The highest BCUT2D eigenvalue weighted by Crippen LogP contribution is 2.28. The molecule has 0 unspecified atom stereocenters. The molecule has 0 aliphatic rings. The van der Waals surface area contributed by atoms with Crippen LogP contribution in [0.2, 0.25) is 0 Å². The van der Waals surface area contributed by atoms with E-state index in [2.05, 4.69) is 15.9 Å². The highest BCUT2D eigenvalue weighted by Gasteiger charge is 2.27. The number of rotatable bonds is 8. The lowest BCUT2D eigenvalue weighted by molar-refractivity contribution is 0.392. The molecule has 1 aromatic carbocycles. The molecule has 7 heteroatoms. The van der Waals surface area contributed by atoms with Gasteiger partial charge in [0, 0.05) is 23.2 Å². The lowest BCUT2D eigenvalue weighted by atomic mass is 10.3. The lowest BCUT2D eigenvalue weighted by Gasteiger charge is -2.22. The molecule has 1 rings (SSSR count). The summed E-state index contributed by atoms with van der Waals surface area (Å²) in [4.78, 5) is -0.351. The SMILES string of the molecule is CCCCN(CCCC)S(=O)(=O)c1cc(N)c(Br)cc1F. The summed E-state index contributed by atoms with van der Waals surface area (Å²) in [6, 6.07) is 2.28. The Kier molecular flexibility index (Phi) is 7.09. The average Bonchev–Trinajstić information content (AvgIpc) is 2.42. The number of sulfonamides is 1. The Morgan fingerprint density at radius 1 is 1.19 bits per heavy atom. The fourth-order valence-electron chi connectivity index (χ4n) is 1.90. The predicted octanol–water partition coefficient (Wildman–Crippen LogP) is 3.76. The molecule has 0 bridgehead atoms. The van der Waals surface area contributed by atoms with Gasteiger partial charge in [-0.3, -0.25) is 0 Å². The van der Waals surface area contributed by atoms with Crippen LogP contribution in [0.4, 0.5) is 10.1 Å². The molecule has 0 spiro atoms. The Morgan fingerprint density at radius 3 is 2.19 bits per heavy atom. The summed E-state index contributed by atoms with van der Waals surface area (Å²) in [5.41, 5.74) is 5.90. The van der Waals surface area contributed by atoms with Crippen molar-refractivity contribution < 1.29 is 12.8 Å². The van der Waals surface area contributed by atoms with Crippen LogP contribution in [0.15, 0.2) is 21.5 Å². The van der Waals surface area contributed by atoms with E-state index < -0.39 is 15.8 Å². The summed E-state index contributed by atoms with van der Waals surface area (Å²) in [5, 5.41) is 0. The first-order chi connectivity index (χ1) is 9.84. The van der Waals surface area contributed by atoms with Crippen molar-refractivity contribution in [2.75, 3.05) is 18.8 Å². The van der Waals surface area contributed by atoms with Crippen molar-refractivity contribution in [3.63, 3.8) is 0 Å². The molecular formula is C14H22BrFN2O2S. The van der Waals surface area contributed by atoms with Crippen molar-refractivity contribution in [2.24, 2.45) is 0 Å². The highest BCUT2D eigenvalue weighted by atomic mass is 79.9. The van der Waals surface area contributed by atoms with Crippen LogP contribution in [0.1, 0.15) is 39.5 Å². The maximum atomic E-state index is 14.0. The quantitative estimate of drug-likeness (QED) is 0.698. The third-order valence-corrected chi connectivity index (χ3v) is 5.79. The molecule has 1 aromatic rings. The van der Waals surface area contributed by atoms with E-state index >= 15 is 0 Å². The van der Waals surface area contributed by atoms with Crippen molar-refractivity contribution in [3.05, 3.63) is 22.4 Å². The number of hydrogen-bond acceptors (Lipinski definition) is 3. The molecule has 21 heavy (non-hydrogen) atoms. The minimum absolute atomic E-state index is 0.209. The number of hydrogen-bond donors (Lipinski definition) is 1. The van der Waals surface area contributed by atoms with Gasteiger partial charge >= 0.3 is 0 Å². The molecule has 0 saturated carbocycles. The van der Waals surface area contributed by atoms with Crippen LogP contribution in [0, 0.1) is 5.82 Å². The van der Waals surface area contributed by atoms with Gasteiger partial charge in [-0.2, -0.15) is 4.31 Å². The summed E-state index contributed by atoms with van der Waals surface area (Å²) in [5.74, 6) is -0.783. The van der Waals surface area contributed by atoms with Gasteiger partial charge < -0.3 is 5.73 Å². The number of nitrogens with two attached hydrogens (primary N) is 1. The second kappa shape index (κ2) is 8.10. The third kappa shape index (κ3) is 4.66. The first kappa shape index (κ1) is 18.4. The summed E-state index contributed by atoms with van der Waals surface area (Å²) >= 11 is 3.09. The van der Waals surface area contributed by atoms with Gasteiger partial charge in [0.2, 0.25) is 10.0 Å². The highest BCUT2D eigenvalue weighted by molar-refractivity contribution is 9.10. The van der Waals surface area contributed by atoms with Crippen molar-refractivity contribution in [2.45, 2.75) is 44.4 Å². The van der Waals surface area contributed by atoms with Crippen molar-refractivity contribution in [1.29, 1.82) is 0 Å². The molecular weight excluding hydrogens is 359 g/mol. The van der Waals surface area contributed by atoms with E-state index in [0.29, 0.717) is 17.6 Å². The summed E-state index contributed by atoms with van der Waals surface area (Å²) in [7, 11) is -3.86. The van der Waals surface area contributed by atoms with E-state index in [1.165, 1.54) is 10.4 Å². The molecule has 0 aliphatic heterocycles. The number of anilines is 1. The molecule has 0 radical (unpaired) electrons. The molecule has 2 N–H and O–H groups in total. The largest absolute Gasteiger partial charge is 0.398 e. The minimum Gasteiger partial charge on any atom is -0.398 e. The van der Waals surface area contributed by atoms with E-state index in [9.17, 15) is 12.8 Å². The van der Waals surface area contributed by atoms with E-state index in [1.54, 1.807) is 0 Å². The number of nitrogen functional groups attached to an aromatic ring is 1. The minimum atomic E-state index is -3.86. The van der Waals surface area contributed by atoms with E-state index in [-0.39, 0.29) is 10.6 Å². The van der Waals surface area contributed by atoms with E-state index in [4.69, 9.17) is 5.73 Å². The zero-order valence-corrected chi connectivity index (χ0v) is 14.8. The van der Waals surface area contributed by atoms with Crippen LogP contribution >= 0.6 is 15.9 Å². The van der Waals surface area contributed by atoms with Gasteiger partial charge in [0.15, 0.2) is 0 Å². The van der Waals surface area contributed by atoms with Crippen LogP contribution in [-0.4, -0.2) is 25.8 Å². The van der Waals surface area contributed by atoms with Gasteiger partial charge in [0.1, 0.15) is 10.7 Å². The third-order valence-electron chi connectivity index (χ3n) is 3.19. The molecule has 120 valence electrons. The number of nitrogens with zero attached hydrogens (tertiary/aromatic N) is 1. The second-order valence-corrected chi connectivity index (χ2v) is 7.68. The maximum Gasteiger partial charge on any atom is 0.246 e. The Balaban J connectivity index is 3.18. The van der Waals surface area contributed by atoms with Gasteiger partial charge in [-0.1, -0.05) is 26.7 Å². The normalized spacial score (nSPS) is 12.0. The zero-order valence-electron chi connectivity index (χ0n) is 12.4. The van der Waals surface area contributed by atoms with Crippen LogP contribution in [-0.2, 0) is 10.0 Å². The summed E-state index contributed by atoms with van der Waals surface area (Å²) < 4.78 is 41.0. The standard InChI is InChI=1S/C14H22BrFN2O2S/c1-3-5-7-18(8-6-4-2)21(19,20)14-10-13(17)11(15)9-12(14)16/h9-10H,3-8,17H2,1-2H3. The van der Waals surface area contributed by atoms with Crippen molar-refractivity contribution in [1.82, 2.24) is 4.31 Å². The monoisotopic (exact) mass is 380 g/mol. The van der Waals surface area contributed by atoms with Gasteiger partial charge in [0.25, 0.3) is 0 Å². The first-order valence-electron chi connectivity index (χ1n) is 7.09. The summed E-state index contributed by atoms with van der Waals surface area (Å²) in [6.07, 6.45) is 3.25. The molecule has 0 atom stereocenters. The Hall–Kier alpha value is -0.660. The molecule has 0 saturated heterocycles. The zero-order chi connectivity index (χ0) is 16.0. The molecule has 0 aliphatic carbocycles. The van der Waals surface area contributed by atoms with Crippen LogP contribution < -0.4 is 5.73 Å². The van der Waals surface area contributed by atoms with Crippen LogP contribution in [0.5, 0.6) is 0 Å². The molecule has 0 aromatic heterocycles. The topological polar surface area (TPSA) is 63.4 Å².